The van der Waals surface area contributed by atoms with E-state index < -0.39 is 0 Å². The third-order valence-corrected chi connectivity index (χ3v) is 2.88. The molecule has 0 aliphatic carbocycles. The van der Waals surface area contributed by atoms with Crippen LogP contribution in [0, 0.1) is 11.3 Å². The van der Waals surface area contributed by atoms with Gasteiger partial charge in [0.1, 0.15) is 5.82 Å². The van der Waals surface area contributed by atoms with Crippen LogP contribution in [0.5, 0.6) is 0 Å². The van der Waals surface area contributed by atoms with Gasteiger partial charge in [0.15, 0.2) is 0 Å². The van der Waals surface area contributed by atoms with E-state index in [1.54, 1.807) is 18.3 Å². The van der Waals surface area contributed by atoms with Gasteiger partial charge in [0.05, 0.1) is 11.6 Å². The molecule has 0 fully saturated rings. The van der Waals surface area contributed by atoms with Crippen molar-refractivity contribution in [3.05, 3.63) is 58.7 Å². The number of anilines is 1. The van der Waals surface area contributed by atoms with Crippen LogP contribution >= 0.6 is 11.6 Å². The molecule has 0 bridgehead atoms. The Kier molecular flexibility index (Phi) is 3.81. The zero-order chi connectivity index (χ0) is 13.0. The van der Waals surface area contributed by atoms with Crippen LogP contribution in [-0.4, -0.2) is 4.98 Å². The van der Waals surface area contributed by atoms with Crippen LogP contribution < -0.4 is 5.32 Å². The number of aromatic nitrogens is 1. The van der Waals surface area contributed by atoms with Gasteiger partial charge in [0.2, 0.25) is 0 Å². The van der Waals surface area contributed by atoms with E-state index in [-0.39, 0.29) is 6.04 Å². The van der Waals surface area contributed by atoms with E-state index >= 15 is 0 Å². The van der Waals surface area contributed by atoms with E-state index in [1.165, 1.54) is 0 Å². The summed E-state index contributed by atoms with van der Waals surface area (Å²) in [5, 5.41) is 12.8. The molecule has 18 heavy (non-hydrogen) atoms. The Bertz CT molecular complexity index is 572. The van der Waals surface area contributed by atoms with Gasteiger partial charge in [-0.2, -0.15) is 5.26 Å². The van der Waals surface area contributed by atoms with E-state index in [4.69, 9.17) is 16.9 Å². The van der Waals surface area contributed by atoms with Crippen molar-refractivity contribution in [3.63, 3.8) is 0 Å². The van der Waals surface area contributed by atoms with E-state index in [0.29, 0.717) is 11.4 Å². The number of rotatable bonds is 3. The normalized spacial score (nSPS) is 11.6. The summed E-state index contributed by atoms with van der Waals surface area (Å²) >= 11 is 5.85. The zero-order valence-corrected chi connectivity index (χ0v) is 10.6. The molecule has 3 nitrogen and oxygen atoms in total. The highest BCUT2D eigenvalue weighted by molar-refractivity contribution is 6.30. The summed E-state index contributed by atoms with van der Waals surface area (Å²) in [6, 6.07) is 13.2. The van der Waals surface area contributed by atoms with Crippen molar-refractivity contribution in [2.75, 3.05) is 5.32 Å². The first-order chi connectivity index (χ1) is 8.69. The molecular formula is C14H12ClN3. The molecule has 4 heteroatoms. The van der Waals surface area contributed by atoms with Gasteiger partial charge >= 0.3 is 0 Å². The first-order valence-corrected chi connectivity index (χ1v) is 5.95. The van der Waals surface area contributed by atoms with Crippen LogP contribution in [-0.2, 0) is 0 Å². The van der Waals surface area contributed by atoms with E-state index in [0.717, 1.165) is 10.6 Å². The van der Waals surface area contributed by atoms with Gasteiger partial charge in [-0.3, -0.25) is 0 Å². The Balaban J connectivity index is 2.13. The summed E-state index contributed by atoms with van der Waals surface area (Å²) in [4.78, 5) is 4.18. The van der Waals surface area contributed by atoms with Gasteiger partial charge in [0, 0.05) is 17.3 Å². The minimum Gasteiger partial charge on any atom is -0.364 e. The SMILES string of the molecule is CC(Nc1cc(C#N)ccn1)c1ccc(Cl)cc1. The van der Waals surface area contributed by atoms with Crippen molar-refractivity contribution in [2.24, 2.45) is 0 Å². The summed E-state index contributed by atoms with van der Waals surface area (Å²) < 4.78 is 0. The molecule has 1 atom stereocenters. The maximum Gasteiger partial charge on any atom is 0.127 e. The van der Waals surface area contributed by atoms with Gasteiger partial charge < -0.3 is 5.32 Å². The highest BCUT2D eigenvalue weighted by Crippen LogP contribution is 2.20. The predicted molar refractivity (Wildman–Crippen MR) is 72.4 cm³/mol. The second-order valence-corrected chi connectivity index (χ2v) is 4.40. The number of hydrogen-bond donors (Lipinski definition) is 1. The molecular weight excluding hydrogens is 246 g/mol. The summed E-state index contributed by atoms with van der Waals surface area (Å²) in [7, 11) is 0. The van der Waals surface area contributed by atoms with Gasteiger partial charge in [-0.1, -0.05) is 23.7 Å². The van der Waals surface area contributed by atoms with Crippen LogP contribution in [0.3, 0.4) is 0 Å². The Morgan fingerprint density at radius 2 is 2.00 bits per heavy atom. The van der Waals surface area contributed by atoms with E-state index in [2.05, 4.69) is 16.4 Å². The van der Waals surface area contributed by atoms with Gasteiger partial charge in [-0.15, -0.1) is 0 Å². The number of nitriles is 1. The Morgan fingerprint density at radius 1 is 1.28 bits per heavy atom. The fourth-order valence-corrected chi connectivity index (χ4v) is 1.76. The van der Waals surface area contributed by atoms with Gasteiger partial charge in [-0.05, 0) is 36.8 Å². The van der Waals surface area contributed by atoms with Crippen molar-refractivity contribution >= 4 is 17.4 Å². The monoisotopic (exact) mass is 257 g/mol. The molecule has 0 spiro atoms. The third-order valence-electron chi connectivity index (χ3n) is 2.62. The largest absolute Gasteiger partial charge is 0.364 e. The van der Waals surface area contributed by atoms with Gasteiger partial charge in [0.25, 0.3) is 0 Å². The molecule has 0 saturated carbocycles. The number of nitrogens with zero attached hydrogens (tertiary/aromatic N) is 2. The van der Waals surface area contributed by atoms with Crippen molar-refractivity contribution in [3.8, 4) is 6.07 Å². The van der Waals surface area contributed by atoms with Crippen LogP contribution in [0.25, 0.3) is 0 Å². The smallest absolute Gasteiger partial charge is 0.127 e. The maximum absolute atomic E-state index is 8.82. The number of nitrogens with one attached hydrogen (secondary N) is 1. The highest BCUT2D eigenvalue weighted by Gasteiger charge is 2.06. The number of benzene rings is 1. The van der Waals surface area contributed by atoms with Crippen LogP contribution in [0.4, 0.5) is 5.82 Å². The average molecular weight is 258 g/mol. The minimum absolute atomic E-state index is 0.101. The molecule has 1 unspecified atom stereocenters. The Hall–Kier alpha value is -2.05. The Labute approximate surface area is 111 Å². The molecule has 2 rings (SSSR count). The van der Waals surface area contributed by atoms with Crippen molar-refractivity contribution in [1.29, 1.82) is 5.26 Å². The van der Waals surface area contributed by atoms with Crippen LogP contribution in [0.1, 0.15) is 24.1 Å². The predicted octanol–water partition coefficient (Wildman–Crippen LogP) is 3.78. The lowest BCUT2D eigenvalue weighted by Crippen LogP contribution is -2.07. The molecule has 0 aliphatic heterocycles. The lowest BCUT2D eigenvalue weighted by atomic mass is 10.1. The quantitative estimate of drug-likeness (QED) is 0.910. The first kappa shape index (κ1) is 12.4. The standard InChI is InChI=1S/C14H12ClN3/c1-10(12-2-4-13(15)5-3-12)18-14-8-11(9-16)6-7-17-14/h2-8,10H,1H3,(H,17,18). The molecule has 1 N–H and O–H groups in total. The fraction of sp³-hybridized carbons (Fsp3) is 0.143. The second-order valence-electron chi connectivity index (χ2n) is 3.96. The van der Waals surface area contributed by atoms with Crippen molar-refractivity contribution < 1.29 is 0 Å². The summed E-state index contributed by atoms with van der Waals surface area (Å²) in [6.07, 6.45) is 1.62. The molecule has 0 amide bonds. The van der Waals surface area contributed by atoms with Gasteiger partial charge in [-0.25, -0.2) is 4.98 Å². The number of halogens is 1. The van der Waals surface area contributed by atoms with Crippen molar-refractivity contribution in [1.82, 2.24) is 4.98 Å². The molecule has 0 saturated heterocycles. The summed E-state index contributed by atoms with van der Waals surface area (Å²) in [6.45, 7) is 2.03. The van der Waals surface area contributed by atoms with E-state index in [1.807, 2.05) is 31.2 Å². The fourth-order valence-electron chi connectivity index (χ4n) is 1.64. The molecule has 0 aliphatic rings. The summed E-state index contributed by atoms with van der Waals surface area (Å²) in [5.41, 5.74) is 1.71. The first-order valence-electron chi connectivity index (χ1n) is 5.57. The molecule has 2 aromatic rings. The van der Waals surface area contributed by atoms with E-state index in [9.17, 15) is 0 Å². The van der Waals surface area contributed by atoms with Crippen molar-refractivity contribution in [2.45, 2.75) is 13.0 Å². The lowest BCUT2D eigenvalue weighted by molar-refractivity contribution is 0.874. The third kappa shape index (κ3) is 2.99. The number of pyridine rings is 1. The molecule has 1 aromatic heterocycles. The minimum atomic E-state index is 0.101. The molecule has 90 valence electrons. The lowest BCUT2D eigenvalue weighted by Gasteiger charge is -2.15. The molecule has 1 aromatic carbocycles. The Morgan fingerprint density at radius 3 is 2.67 bits per heavy atom. The maximum atomic E-state index is 8.82. The highest BCUT2D eigenvalue weighted by atomic mass is 35.5. The van der Waals surface area contributed by atoms with Crippen LogP contribution in [0.15, 0.2) is 42.6 Å². The summed E-state index contributed by atoms with van der Waals surface area (Å²) in [5.74, 6) is 0.691. The molecule has 1 heterocycles. The second kappa shape index (κ2) is 5.52. The van der Waals surface area contributed by atoms with Crippen LogP contribution in [0.2, 0.25) is 5.02 Å². The average Bonchev–Trinajstić information content (AvgIpc) is 2.39. The molecule has 0 radical (unpaired) electrons. The number of hydrogen-bond acceptors (Lipinski definition) is 3. The zero-order valence-electron chi connectivity index (χ0n) is 9.89. The topological polar surface area (TPSA) is 48.7 Å².